The first-order chi connectivity index (χ1) is 13.6. The number of halogens is 4. The second-order valence-electron chi connectivity index (χ2n) is 6.83. The Kier molecular flexibility index (Phi) is 9.01. The molecule has 0 spiro atoms. The quantitative estimate of drug-likeness (QED) is 0.512. The number of carbonyl (C=O) groups excluding carboxylic acids is 1. The van der Waals surface area contributed by atoms with E-state index in [0.717, 1.165) is 35.2 Å². The van der Waals surface area contributed by atoms with E-state index in [1.807, 2.05) is 54.7 Å². The molecule has 1 aliphatic rings. The third kappa shape index (κ3) is 5.90. The van der Waals surface area contributed by atoms with Crippen molar-refractivity contribution in [2.24, 2.45) is 0 Å². The molecule has 0 N–H and O–H groups in total. The van der Waals surface area contributed by atoms with Gasteiger partial charge in [0.25, 0.3) is 0 Å². The summed E-state index contributed by atoms with van der Waals surface area (Å²) >= 11 is 12.0. The number of hydrogen-bond donors (Lipinski definition) is 0. The number of hydrogen-bond acceptors (Lipinski definition) is 3. The van der Waals surface area contributed by atoms with Crippen molar-refractivity contribution in [3.05, 3.63) is 82.4 Å². The predicted molar refractivity (Wildman–Crippen MR) is 126 cm³/mol. The molecule has 1 saturated heterocycles. The fourth-order valence-electron chi connectivity index (χ4n) is 3.40. The molecule has 1 aromatic heterocycles. The predicted octanol–water partition coefficient (Wildman–Crippen LogP) is 4.93. The van der Waals surface area contributed by atoms with Crippen LogP contribution in [0.4, 0.5) is 5.69 Å². The summed E-state index contributed by atoms with van der Waals surface area (Å²) in [5.74, 6) is 1.02. The molecule has 0 unspecified atom stereocenters. The van der Waals surface area contributed by atoms with Gasteiger partial charge in [-0.05, 0) is 35.9 Å². The van der Waals surface area contributed by atoms with Gasteiger partial charge < -0.3 is 9.47 Å². The van der Waals surface area contributed by atoms with Crippen LogP contribution >= 0.6 is 48.0 Å². The summed E-state index contributed by atoms with van der Waals surface area (Å²) in [5, 5.41) is 1.36. The SMILES string of the molecule is Cl.Cl.O=C1CN(Cc2nccn2Cc2ccc(Cl)cc2)CCN1c1cccc(Cl)c1. The van der Waals surface area contributed by atoms with Gasteiger partial charge in [-0.25, -0.2) is 4.98 Å². The standard InChI is InChI=1S/C21H20Cl2N4O.2ClH/c22-17-6-4-16(5-7-17)13-26-9-8-24-20(26)14-25-10-11-27(21(28)15-25)19-3-1-2-18(23)12-19;;/h1-9,12H,10-11,13-15H2;2*1H. The first kappa shape index (κ1) is 24.5. The molecule has 1 fully saturated rings. The Balaban J connectivity index is 0.00000160. The average Bonchev–Trinajstić information content (AvgIpc) is 3.10. The number of aromatic nitrogens is 2. The van der Waals surface area contributed by atoms with Crippen molar-refractivity contribution in [2.75, 3.05) is 24.5 Å². The summed E-state index contributed by atoms with van der Waals surface area (Å²) in [7, 11) is 0. The fraction of sp³-hybridized carbons (Fsp3) is 0.238. The summed E-state index contributed by atoms with van der Waals surface area (Å²) in [6, 6.07) is 15.2. The smallest absolute Gasteiger partial charge is 0.241 e. The molecule has 0 radical (unpaired) electrons. The summed E-state index contributed by atoms with van der Waals surface area (Å²) < 4.78 is 2.11. The Morgan fingerprint density at radius 2 is 1.70 bits per heavy atom. The fourth-order valence-corrected chi connectivity index (χ4v) is 3.71. The van der Waals surface area contributed by atoms with Crippen LogP contribution in [0.15, 0.2) is 60.9 Å². The van der Waals surface area contributed by atoms with Gasteiger partial charge in [0.15, 0.2) is 0 Å². The second kappa shape index (κ2) is 11.0. The van der Waals surface area contributed by atoms with Gasteiger partial charge in [-0.2, -0.15) is 0 Å². The number of nitrogens with zero attached hydrogens (tertiary/aromatic N) is 4. The number of anilines is 1. The molecule has 2 heterocycles. The maximum Gasteiger partial charge on any atom is 0.241 e. The molecule has 1 amide bonds. The van der Waals surface area contributed by atoms with Crippen molar-refractivity contribution in [2.45, 2.75) is 13.1 Å². The van der Waals surface area contributed by atoms with E-state index in [1.165, 1.54) is 0 Å². The van der Waals surface area contributed by atoms with Gasteiger partial charge in [0.1, 0.15) is 5.82 Å². The minimum Gasteiger partial charge on any atom is -0.329 e. The van der Waals surface area contributed by atoms with Crippen LogP contribution in [-0.2, 0) is 17.9 Å². The van der Waals surface area contributed by atoms with Crippen LogP contribution in [-0.4, -0.2) is 40.0 Å². The van der Waals surface area contributed by atoms with E-state index < -0.39 is 0 Å². The number of amides is 1. The van der Waals surface area contributed by atoms with E-state index in [0.29, 0.717) is 24.7 Å². The highest BCUT2D eigenvalue weighted by Gasteiger charge is 2.26. The minimum absolute atomic E-state index is 0. The van der Waals surface area contributed by atoms with Gasteiger partial charge >= 0.3 is 0 Å². The van der Waals surface area contributed by atoms with E-state index >= 15 is 0 Å². The van der Waals surface area contributed by atoms with Crippen molar-refractivity contribution in [3.8, 4) is 0 Å². The summed E-state index contributed by atoms with van der Waals surface area (Å²) in [6.45, 7) is 3.14. The summed E-state index contributed by atoms with van der Waals surface area (Å²) in [5.41, 5.74) is 2.01. The monoisotopic (exact) mass is 486 g/mol. The topological polar surface area (TPSA) is 41.4 Å². The molecule has 2 aromatic carbocycles. The van der Waals surface area contributed by atoms with Gasteiger partial charge in [-0.1, -0.05) is 41.4 Å². The number of rotatable bonds is 5. The normalized spacial score (nSPS) is 14.2. The molecule has 0 bridgehead atoms. The Hall–Kier alpha value is -1.76. The molecule has 0 atom stereocenters. The molecule has 9 heteroatoms. The summed E-state index contributed by atoms with van der Waals surface area (Å²) in [6.07, 6.45) is 3.77. The zero-order valence-electron chi connectivity index (χ0n) is 16.1. The van der Waals surface area contributed by atoms with E-state index in [9.17, 15) is 4.79 Å². The second-order valence-corrected chi connectivity index (χ2v) is 7.71. The number of benzene rings is 2. The van der Waals surface area contributed by atoms with Gasteiger partial charge in [0.05, 0.1) is 13.1 Å². The maximum atomic E-state index is 12.7. The molecular formula is C21H22Cl4N4O. The average molecular weight is 488 g/mol. The van der Waals surface area contributed by atoms with E-state index in [2.05, 4.69) is 14.5 Å². The van der Waals surface area contributed by atoms with Crippen LogP contribution < -0.4 is 4.90 Å². The molecule has 4 rings (SSSR count). The van der Waals surface area contributed by atoms with Gasteiger partial charge in [0, 0.05) is 47.8 Å². The number of carbonyl (C=O) groups is 1. The van der Waals surface area contributed by atoms with Crippen LogP contribution in [0.1, 0.15) is 11.4 Å². The number of imidazole rings is 1. The lowest BCUT2D eigenvalue weighted by Crippen LogP contribution is -2.50. The van der Waals surface area contributed by atoms with Gasteiger partial charge in [-0.3, -0.25) is 9.69 Å². The molecule has 160 valence electrons. The molecule has 30 heavy (non-hydrogen) atoms. The van der Waals surface area contributed by atoms with Crippen molar-refractivity contribution in [1.82, 2.24) is 14.5 Å². The zero-order chi connectivity index (χ0) is 19.5. The van der Waals surface area contributed by atoms with Crippen molar-refractivity contribution in [1.29, 1.82) is 0 Å². The van der Waals surface area contributed by atoms with Gasteiger partial charge in [0.2, 0.25) is 5.91 Å². The highest BCUT2D eigenvalue weighted by Crippen LogP contribution is 2.22. The Morgan fingerprint density at radius 1 is 0.933 bits per heavy atom. The molecule has 3 aromatic rings. The lowest BCUT2D eigenvalue weighted by atomic mass is 10.2. The lowest BCUT2D eigenvalue weighted by molar-refractivity contribution is -0.121. The van der Waals surface area contributed by atoms with Crippen LogP contribution in [0, 0.1) is 0 Å². The Morgan fingerprint density at radius 3 is 2.40 bits per heavy atom. The molecule has 5 nitrogen and oxygen atoms in total. The third-order valence-electron chi connectivity index (χ3n) is 4.85. The maximum absolute atomic E-state index is 12.7. The highest BCUT2D eigenvalue weighted by molar-refractivity contribution is 6.31. The van der Waals surface area contributed by atoms with E-state index in [1.54, 1.807) is 11.1 Å². The Labute approximate surface area is 198 Å². The van der Waals surface area contributed by atoms with Crippen molar-refractivity contribution in [3.63, 3.8) is 0 Å². The van der Waals surface area contributed by atoms with Gasteiger partial charge in [-0.15, -0.1) is 24.8 Å². The van der Waals surface area contributed by atoms with Crippen LogP contribution in [0.25, 0.3) is 0 Å². The first-order valence-corrected chi connectivity index (χ1v) is 9.87. The highest BCUT2D eigenvalue weighted by atomic mass is 35.5. The lowest BCUT2D eigenvalue weighted by Gasteiger charge is -2.34. The van der Waals surface area contributed by atoms with Crippen LogP contribution in [0.5, 0.6) is 0 Å². The molecule has 0 saturated carbocycles. The minimum atomic E-state index is 0. The third-order valence-corrected chi connectivity index (χ3v) is 5.34. The molecule has 1 aliphatic heterocycles. The number of piperazine rings is 1. The zero-order valence-corrected chi connectivity index (χ0v) is 19.2. The molecule has 0 aliphatic carbocycles. The summed E-state index contributed by atoms with van der Waals surface area (Å²) in [4.78, 5) is 21.1. The van der Waals surface area contributed by atoms with E-state index in [-0.39, 0.29) is 30.7 Å². The van der Waals surface area contributed by atoms with Crippen molar-refractivity contribution >= 4 is 59.6 Å². The van der Waals surface area contributed by atoms with Crippen molar-refractivity contribution < 1.29 is 4.79 Å². The van der Waals surface area contributed by atoms with Crippen LogP contribution in [0.3, 0.4) is 0 Å². The van der Waals surface area contributed by atoms with E-state index in [4.69, 9.17) is 23.2 Å². The largest absolute Gasteiger partial charge is 0.329 e. The molecular weight excluding hydrogens is 466 g/mol. The first-order valence-electron chi connectivity index (χ1n) is 9.11. The van der Waals surface area contributed by atoms with Crippen LogP contribution in [0.2, 0.25) is 10.0 Å². The Bertz CT molecular complexity index is 977.